The van der Waals surface area contributed by atoms with Gasteiger partial charge in [-0.15, -0.1) is 12.4 Å². The van der Waals surface area contributed by atoms with Gasteiger partial charge in [0.25, 0.3) is 0 Å². The third kappa shape index (κ3) is 8.49. The van der Waals surface area contributed by atoms with E-state index in [1.165, 1.54) is 0 Å². The number of benzene rings is 1. The molecule has 0 heterocycles. The summed E-state index contributed by atoms with van der Waals surface area (Å²) in [6, 6.07) is 8.11. The highest BCUT2D eigenvalue weighted by molar-refractivity contribution is 5.93. The number of anilines is 1. The third-order valence-corrected chi connectivity index (χ3v) is 2.80. The molecule has 1 aromatic carbocycles. The normalized spacial score (nSPS) is 11.0. The smallest absolute Gasteiger partial charge is 0.319 e. The molecule has 0 radical (unpaired) electrons. The first-order valence-corrected chi connectivity index (χ1v) is 7.24. The first-order valence-electron chi connectivity index (χ1n) is 7.24. The van der Waals surface area contributed by atoms with Crippen molar-refractivity contribution in [1.29, 1.82) is 0 Å². The van der Waals surface area contributed by atoms with Gasteiger partial charge in [0.05, 0.1) is 0 Å². The average Bonchev–Trinajstić information content (AvgIpc) is 2.47. The van der Waals surface area contributed by atoms with Crippen LogP contribution in [-0.4, -0.2) is 37.6 Å². The second kappa shape index (κ2) is 11.8. The van der Waals surface area contributed by atoms with Gasteiger partial charge >= 0.3 is 6.03 Å². The van der Waals surface area contributed by atoms with Crippen molar-refractivity contribution in [2.45, 2.75) is 26.3 Å². The minimum Gasteiger partial charge on any atom is -0.353 e. The maximum atomic E-state index is 11.8. The number of rotatable bonds is 8. The molecule has 0 fully saturated rings. The van der Waals surface area contributed by atoms with E-state index >= 15 is 0 Å². The number of halogens is 1. The van der Waals surface area contributed by atoms with Gasteiger partial charge < -0.3 is 21.3 Å². The molecule has 0 saturated carbocycles. The fourth-order valence-electron chi connectivity index (χ4n) is 1.68. The number of hydrogen-bond donors (Lipinski definition) is 4. The SMILES string of the molecule is CCCNCCNC(=O)C(C)NC(=O)Nc1ccccc1.Cl. The van der Waals surface area contributed by atoms with Crippen LogP contribution in [0.1, 0.15) is 20.3 Å². The van der Waals surface area contributed by atoms with Crippen molar-refractivity contribution in [3.05, 3.63) is 30.3 Å². The summed E-state index contributed by atoms with van der Waals surface area (Å²) in [4.78, 5) is 23.5. The van der Waals surface area contributed by atoms with E-state index in [2.05, 4.69) is 28.2 Å². The summed E-state index contributed by atoms with van der Waals surface area (Å²) < 4.78 is 0. The lowest BCUT2D eigenvalue weighted by Crippen LogP contribution is -2.47. The van der Waals surface area contributed by atoms with Gasteiger partial charge in [0.2, 0.25) is 5.91 Å². The topological polar surface area (TPSA) is 82.3 Å². The fraction of sp³-hybridized carbons (Fsp3) is 0.467. The van der Waals surface area contributed by atoms with Gasteiger partial charge in [-0.25, -0.2) is 4.79 Å². The molecular formula is C15H25ClN4O2. The Labute approximate surface area is 137 Å². The highest BCUT2D eigenvalue weighted by Gasteiger charge is 2.14. The molecule has 1 aromatic rings. The Bertz CT molecular complexity index is 442. The number of para-hydroxylation sites is 1. The largest absolute Gasteiger partial charge is 0.353 e. The Morgan fingerprint density at radius 3 is 2.41 bits per heavy atom. The van der Waals surface area contributed by atoms with Crippen molar-refractivity contribution in [2.75, 3.05) is 25.0 Å². The van der Waals surface area contributed by atoms with Crippen LogP contribution in [0.4, 0.5) is 10.5 Å². The second-order valence-corrected chi connectivity index (χ2v) is 4.73. The monoisotopic (exact) mass is 328 g/mol. The molecule has 1 rings (SSSR count). The number of carbonyl (C=O) groups excluding carboxylic acids is 2. The fourth-order valence-corrected chi connectivity index (χ4v) is 1.68. The van der Waals surface area contributed by atoms with E-state index in [-0.39, 0.29) is 18.3 Å². The van der Waals surface area contributed by atoms with Gasteiger partial charge in [-0.05, 0) is 32.0 Å². The van der Waals surface area contributed by atoms with Crippen molar-refractivity contribution in [3.8, 4) is 0 Å². The predicted molar refractivity (Wildman–Crippen MR) is 91.5 cm³/mol. The molecule has 1 atom stereocenters. The van der Waals surface area contributed by atoms with Crippen LogP contribution in [0.25, 0.3) is 0 Å². The first-order chi connectivity index (χ1) is 10.1. The summed E-state index contributed by atoms with van der Waals surface area (Å²) in [6.45, 7) is 5.94. The Morgan fingerprint density at radius 1 is 1.09 bits per heavy atom. The van der Waals surface area contributed by atoms with Gasteiger partial charge in [0.15, 0.2) is 0 Å². The van der Waals surface area contributed by atoms with Crippen LogP contribution in [0, 0.1) is 0 Å². The van der Waals surface area contributed by atoms with E-state index in [0.29, 0.717) is 12.2 Å². The molecule has 0 aliphatic heterocycles. The van der Waals surface area contributed by atoms with Crippen molar-refractivity contribution < 1.29 is 9.59 Å². The van der Waals surface area contributed by atoms with Crippen LogP contribution in [-0.2, 0) is 4.79 Å². The molecular weight excluding hydrogens is 304 g/mol. The van der Waals surface area contributed by atoms with Gasteiger partial charge in [0, 0.05) is 18.8 Å². The van der Waals surface area contributed by atoms with E-state index in [4.69, 9.17) is 0 Å². The summed E-state index contributed by atoms with van der Waals surface area (Å²) in [5.74, 6) is -0.198. The van der Waals surface area contributed by atoms with E-state index in [1.807, 2.05) is 18.2 Å². The van der Waals surface area contributed by atoms with Crippen LogP contribution >= 0.6 is 12.4 Å². The van der Waals surface area contributed by atoms with Crippen LogP contribution < -0.4 is 21.3 Å². The van der Waals surface area contributed by atoms with E-state index in [9.17, 15) is 9.59 Å². The van der Waals surface area contributed by atoms with Crippen LogP contribution in [0.5, 0.6) is 0 Å². The number of amides is 3. The molecule has 124 valence electrons. The lowest BCUT2D eigenvalue weighted by Gasteiger charge is -2.15. The quantitative estimate of drug-likeness (QED) is 0.549. The number of urea groups is 1. The average molecular weight is 329 g/mol. The maximum absolute atomic E-state index is 11.8. The predicted octanol–water partition coefficient (Wildman–Crippen LogP) is 1.73. The number of carbonyl (C=O) groups is 2. The van der Waals surface area contributed by atoms with Crippen molar-refractivity contribution in [3.63, 3.8) is 0 Å². The van der Waals surface area contributed by atoms with Gasteiger partial charge in [-0.3, -0.25) is 4.79 Å². The molecule has 1 unspecified atom stereocenters. The van der Waals surface area contributed by atoms with Crippen LogP contribution in [0.2, 0.25) is 0 Å². The summed E-state index contributed by atoms with van der Waals surface area (Å²) in [5, 5.41) is 11.2. The molecule has 0 saturated heterocycles. The highest BCUT2D eigenvalue weighted by Crippen LogP contribution is 2.04. The summed E-state index contributed by atoms with van der Waals surface area (Å²) in [7, 11) is 0. The zero-order chi connectivity index (χ0) is 15.5. The molecule has 22 heavy (non-hydrogen) atoms. The van der Waals surface area contributed by atoms with Crippen LogP contribution in [0.3, 0.4) is 0 Å². The molecule has 7 heteroatoms. The summed E-state index contributed by atoms with van der Waals surface area (Å²) in [6.07, 6.45) is 1.06. The van der Waals surface area contributed by atoms with E-state index in [1.54, 1.807) is 19.1 Å². The number of nitrogens with one attached hydrogen (secondary N) is 4. The Hall–Kier alpha value is -1.79. The maximum Gasteiger partial charge on any atom is 0.319 e. The number of hydrogen-bond acceptors (Lipinski definition) is 3. The van der Waals surface area contributed by atoms with Gasteiger partial charge in [-0.1, -0.05) is 25.1 Å². The van der Waals surface area contributed by atoms with E-state index < -0.39 is 12.1 Å². The van der Waals surface area contributed by atoms with Crippen molar-refractivity contribution in [1.82, 2.24) is 16.0 Å². The van der Waals surface area contributed by atoms with E-state index in [0.717, 1.165) is 19.5 Å². The van der Waals surface area contributed by atoms with Crippen molar-refractivity contribution in [2.24, 2.45) is 0 Å². The Morgan fingerprint density at radius 2 is 1.77 bits per heavy atom. The minimum absolute atomic E-state index is 0. The van der Waals surface area contributed by atoms with Crippen LogP contribution in [0.15, 0.2) is 30.3 Å². The molecule has 0 aliphatic carbocycles. The second-order valence-electron chi connectivity index (χ2n) is 4.73. The Balaban J connectivity index is 0.00000441. The van der Waals surface area contributed by atoms with Crippen molar-refractivity contribution >= 4 is 30.0 Å². The molecule has 0 aliphatic rings. The van der Waals surface area contributed by atoms with Gasteiger partial charge in [0.1, 0.15) is 6.04 Å². The lowest BCUT2D eigenvalue weighted by atomic mass is 10.3. The lowest BCUT2D eigenvalue weighted by molar-refractivity contribution is -0.122. The molecule has 6 nitrogen and oxygen atoms in total. The first kappa shape index (κ1) is 20.2. The zero-order valence-electron chi connectivity index (χ0n) is 13.0. The highest BCUT2D eigenvalue weighted by atomic mass is 35.5. The molecule has 0 bridgehead atoms. The zero-order valence-corrected chi connectivity index (χ0v) is 13.8. The van der Waals surface area contributed by atoms with Gasteiger partial charge in [-0.2, -0.15) is 0 Å². The molecule has 0 spiro atoms. The Kier molecular flexibility index (Phi) is 10.9. The molecule has 4 N–H and O–H groups in total. The summed E-state index contributed by atoms with van der Waals surface area (Å²) in [5.41, 5.74) is 0.686. The molecule has 0 aromatic heterocycles. The third-order valence-electron chi connectivity index (χ3n) is 2.80. The minimum atomic E-state index is -0.583. The standard InChI is InChI=1S/C15H24N4O2.ClH/c1-3-9-16-10-11-17-14(20)12(2)18-15(21)19-13-7-5-4-6-8-13;/h4-8,12,16H,3,9-11H2,1-2H3,(H,17,20)(H2,18,19,21);1H. The molecule has 3 amide bonds. The summed E-state index contributed by atoms with van der Waals surface area (Å²) >= 11 is 0.